The van der Waals surface area contributed by atoms with Gasteiger partial charge in [0.05, 0.1) is 18.1 Å². The number of piperidine rings is 1. The Kier molecular flexibility index (Phi) is 4.03. The summed E-state index contributed by atoms with van der Waals surface area (Å²) in [6, 6.07) is 2.43. The number of nitrogens with one attached hydrogen (secondary N) is 1. The van der Waals surface area contributed by atoms with Gasteiger partial charge in [-0.2, -0.15) is 5.10 Å². The highest BCUT2D eigenvalue weighted by Crippen LogP contribution is 2.22. The Morgan fingerprint density at radius 1 is 1.12 bits per heavy atom. The summed E-state index contributed by atoms with van der Waals surface area (Å²) in [6.07, 6.45) is 5.46. The lowest BCUT2D eigenvalue weighted by molar-refractivity contribution is 0.186. The number of urea groups is 1. The average Bonchev–Trinajstić information content (AvgIpc) is 3.20. The van der Waals surface area contributed by atoms with Crippen molar-refractivity contribution < 1.29 is 4.79 Å². The van der Waals surface area contributed by atoms with Crippen LogP contribution >= 0.6 is 0 Å². The lowest BCUT2D eigenvalue weighted by Crippen LogP contribution is -2.46. The SMILES string of the molecule is Cc1cc(C)n(-c2cncc(N3CCC(N4CCNC4=O)CC3)n2)n1. The van der Waals surface area contributed by atoms with Crippen molar-refractivity contribution in [2.45, 2.75) is 32.7 Å². The van der Waals surface area contributed by atoms with E-state index in [4.69, 9.17) is 4.98 Å². The summed E-state index contributed by atoms with van der Waals surface area (Å²) in [5.74, 6) is 1.61. The molecule has 8 heteroatoms. The number of carbonyl (C=O) groups is 1. The van der Waals surface area contributed by atoms with Gasteiger partial charge in [0.2, 0.25) is 0 Å². The molecule has 4 heterocycles. The first kappa shape index (κ1) is 15.9. The van der Waals surface area contributed by atoms with Crippen LogP contribution in [-0.4, -0.2) is 62.9 Å². The van der Waals surface area contributed by atoms with E-state index in [9.17, 15) is 4.79 Å². The molecule has 0 radical (unpaired) electrons. The minimum absolute atomic E-state index is 0.0739. The van der Waals surface area contributed by atoms with Crippen molar-refractivity contribution in [1.82, 2.24) is 30.0 Å². The highest BCUT2D eigenvalue weighted by molar-refractivity contribution is 5.76. The molecule has 0 aromatic carbocycles. The molecule has 0 atom stereocenters. The van der Waals surface area contributed by atoms with E-state index in [0.29, 0.717) is 6.04 Å². The van der Waals surface area contributed by atoms with Gasteiger partial charge in [0.1, 0.15) is 5.82 Å². The fourth-order valence-electron chi connectivity index (χ4n) is 3.70. The van der Waals surface area contributed by atoms with Crippen LogP contribution < -0.4 is 10.2 Å². The number of hydrogen-bond acceptors (Lipinski definition) is 5. The predicted octanol–water partition coefficient (Wildman–Crippen LogP) is 1.27. The Morgan fingerprint density at radius 2 is 1.88 bits per heavy atom. The maximum atomic E-state index is 11.8. The topological polar surface area (TPSA) is 79.2 Å². The van der Waals surface area contributed by atoms with E-state index in [1.807, 2.05) is 29.5 Å². The highest BCUT2D eigenvalue weighted by atomic mass is 16.2. The zero-order chi connectivity index (χ0) is 17.4. The number of amides is 2. The zero-order valence-electron chi connectivity index (χ0n) is 14.6. The van der Waals surface area contributed by atoms with Crippen LogP contribution in [0.15, 0.2) is 18.5 Å². The number of anilines is 1. The van der Waals surface area contributed by atoms with Crippen LogP contribution in [0.4, 0.5) is 10.6 Å². The van der Waals surface area contributed by atoms with E-state index < -0.39 is 0 Å². The Morgan fingerprint density at radius 3 is 2.52 bits per heavy atom. The van der Waals surface area contributed by atoms with E-state index in [0.717, 1.165) is 62.0 Å². The van der Waals surface area contributed by atoms with E-state index >= 15 is 0 Å². The molecule has 1 N–H and O–H groups in total. The van der Waals surface area contributed by atoms with Gasteiger partial charge in [-0.3, -0.25) is 4.98 Å². The summed E-state index contributed by atoms with van der Waals surface area (Å²) in [7, 11) is 0. The predicted molar refractivity (Wildman–Crippen MR) is 94.0 cm³/mol. The van der Waals surface area contributed by atoms with Crippen LogP contribution in [0.1, 0.15) is 24.2 Å². The largest absolute Gasteiger partial charge is 0.355 e. The molecule has 2 amide bonds. The Hall–Kier alpha value is -2.64. The number of aryl methyl sites for hydroxylation is 2. The summed E-state index contributed by atoms with van der Waals surface area (Å²) in [5, 5.41) is 7.37. The molecule has 4 rings (SSSR count). The second-order valence-electron chi connectivity index (χ2n) is 6.72. The van der Waals surface area contributed by atoms with E-state index in [1.165, 1.54) is 0 Å². The van der Waals surface area contributed by atoms with Gasteiger partial charge < -0.3 is 15.1 Å². The summed E-state index contributed by atoms with van der Waals surface area (Å²) < 4.78 is 1.83. The zero-order valence-corrected chi connectivity index (χ0v) is 14.6. The van der Waals surface area contributed by atoms with Crippen LogP contribution in [0, 0.1) is 13.8 Å². The lowest BCUT2D eigenvalue weighted by Gasteiger charge is -2.36. The molecule has 2 aromatic rings. The van der Waals surface area contributed by atoms with Crippen molar-refractivity contribution in [2.75, 3.05) is 31.1 Å². The van der Waals surface area contributed by atoms with Gasteiger partial charge in [0, 0.05) is 37.9 Å². The van der Waals surface area contributed by atoms with Gasteiger partial charge in [-0.25, -0.2) is 14.5 Å². The Balaban J connectivity index is 1.47. The second-order valence-corrected chi connectivity index (χ2v) is 6.72. The quantitative estimate of drug-likeness (QED) is 0.910. The molecular formula is C17H23N7O. The average molecular weight is 341 g/mol. The number of carbonyl (C=O) groups excluding carboxylic acids is 1. The molecule has 2 aliphatic heterocycles. The summed E-state index contributed by atoms with van der Waals surface area (Å²) >= 11 is 0. The van der Waals surface area contributed by atoms with Gasteiger partial charge in [0.25, 0.3) is 0 Å². The summed E-state index contributed by atoms with van der Waals surface area (Å²) in [4.78, 5) is 25.1. The number of nitrogens with zero attached hydrogens (tertiary/aromatic N) is 6. The van der Waals surface area contributed by atoms with Gasteiger partial charge >= 0.3 is 6.03 Å². The van der Waals surface area contributed by atoms with Crippen LogP contribution in [0.5, 0.6) is 0 Å². The van der Waals surface area contributed by atoms with Gasteiger partial charge in [0.15, 0.2) is 5.82 Å². The molecule has 2 aromatic heterocycles. The van der Waals surface area contributed by atoms with Crippen molar-refractivity contribution >= 4 is 11.8 Å². The lowest BCUT2D eigenvalue weighted by atomic mass is 10.0. The van der Waals surface area contributed by atoms with Crippen molar-refractivity contribution in [3.05, 3.63) is 29.8 Å². The maximum Gasteiger partial charge on any atom is 0.317 e. The number of aromatic nitrogens is 4. The first-order valence-electron chi connectivity index (χ1n) is 8.77. The Labute approximate surface area is 146 Å². The second kappa shape index (κ2) is 6.34. The molecule has 0 saturated carbocycles. The standard InChI is InChI=1S/C17H23N7O/c1-12-9-13(2)24(21-12)16-11-18-10-15(20-16)22-6-3-14(4-7-22)23-8-5-19-17(23)25/h9-11,14H,3-8H2,1-2H3,(H,19,25). The monoisotopic (exact) mass is 341 g/mol. The first-order valence-corrected chi connectivity index (χ1v) is 8.77. The van der Waals surface area contributed by atoms with E-state index in [1.54, 1.807) is 12.4 Å². The highest BCUT2D eigenvalue weighted by Gasteiger charge is 2.31. The molecule has 0 aliphatic carbocycles. The van der Waals surface area contributed by atoms with Crippen molar-refractivity contribution in [3.8, 4) is 5.82 Å². The molecule has 8 nitrogen and oxygen atoms in total. The third-order valence-corrected chi connectivity index (χ3v) is 4.95. The van der Waals surface area contributed by atoms with Gasteiger partial charge in [-0.15, -0.1) is 0 Å². The molecule has 2 fully saturated rings. The molecule has 2 aliphatic rings. The third-order valence-electron chi connectivity index (χ3n) is 4.95. The molecule has 0 unspecified atom stereocenters. The van der Waals surface area contributed by atoms with Crippen molar-refractivity contribution in [1.29, 1.82) is 0 Å². The van der Waals surface area contributed by atoms with Crippen LogP contribution in [0.3, 0.4) is 0 Å². The maximum absolute atomic E-state index is 11.8. The summed E-state index contributed by atoms with van der Waals surface area (Å²) in [6.45, 7) is 7.32. The third kappa shape index (κ3) is 3.04. The van der Waals surface area contributed by atoms with Crippen LogP contribution in [-0.2, 0) is 0 Å². The molecule has 25 heavy (non-hydrogen) atoms. The molecule has 2 saturated heterocycles. The normalized spacial score (nSPS) is 18.7. The molecule has 0 bridgehead atoms. The van der Waals surface area contributed by atoms with Crippen molar-refractivity contribution in [2.24, 2.45) is 0 Å². The molecular weight excluding hydrogens is 318 g/mol. The fraction of sp³-hybridized carbons (Fsp3) is 0.529. The summed E-state index contributed by atoms with van der Waals surface area (Å²) in [5.41, 5.74) is 2.01. The molecule has 0 spiro atoms. The Bertz CT molecular complexity index is 779. The fourth-order valence-corrected chi connectivity index (χ4v) is 3.70. The van der Waals surface area contributed by atoms with Crippen LogP contribution in [0.25, 0.3) is 5.82 Å². The molecule has 132 valence electrons. The number of rotatable bonds is 3. The number of hydrogen-bond donors (Lipinski definition) is 1. The van der Waals surface area contributed by atoms with E-state index in [2.05, 4.69) is 20.3 Å². The smallest absolute Gasteiger partial charge is 0.317 e. The van der Waals surface area contributed by atoms with Crippen LogP contribution in [0.2, 0.25) is 0 Å². The minimum Gasteiger partial charge on any atom is -0.355 e. The first-order chi connectivity index (χ1) is 12.1. The van der Waals surface area contributed by atoms with Gasteiger partial charge in [-0.1, -0.05) is 0 Å². The van der Waals surface area contributed by atoms with Gasteiger partial charge in [-0.05, 0) is 32.8 Å². The minimum atomic E-state index is 0.0739. The van der Waals surface area contributed by atoms with E-state index in [-0.39, 0.29) is 6.03 Å². The van der Waals surface area contributed by atoms with Crippen molar-refractivity contribution in [3.63, 3.8) is 0 Å².